The van der Waals surface area contributed by atoms with Crippen molar-refractivity contribution >= 4 is 131 Å². The summed E-state index contributed by atoms with van der Waals surface area (Å²) in [6.07, 6.45) is 29.0. The van der Waals surface area contributed by atoms with Crippen molar-refractivity contribution < 1.29 is 10.2 Å². The zero-order valence-corrected chi connectivity index (χ0v) is 59.4. The van der Waals surface area contributed by atoms with Crippen molar-refractivity contribution in [3.8, 4) is 60.6 Å². The molecule has 0 saturated heterocycles. The molecule has 0 fully saturated rings. The van der Waals surface area contributed by atoms with E-state index < -0.39 is 0 Å². The average molecular weight is 1340 g/mol. The van der Waals surface area contributed by atoms with Crippen LogP contribution in [0, 0.1) is 0 Å². The van der Waals surface area contributed by atoms with Crippen LogP contribution in [0.2, 0.25) is 0 Å². The molecule has 2 aliphatic carbocycles. The van der Waals surface area contributed by atoms with Crippen LogP contribution in [0.5, 0.6) is 0 Å². The quantitative estimate of drug-likeness (QED) is 0.0308. The highest BCUT2D eigenvalue weighted by molar-refractivity contribution is 7.28. The van der Waals surface area contributed by atoms with E-state index in [1.54, 1.807) is 0 Å². The van der Waals surface area contributed by atoms with Gasteiger partial charge in [-0.05, 0) is 142 Å². The topological polar surface area (TPSA) is 92.0 Å². The Labute approximate surface area is 566 Å². The molecule has 0 aliphatic heterocycles. The van der Waals surface area contributed by atoms with Crippen LogP contribution < -0.4 is 10.2 Å². The molecule has 11 aromatic rings. The zero-order chi connectivity index (χ0) is 61.6. The molecular formula is C75H84BN4O2S8. The van der Waals surface area contributed by atoms with E-state index >= 15 is 0 Å². The van der Waals surface area contributed by atoms with Crippen LogP contribution in [0.15, 0.2) is 96.4 Å². The van der Waals surface area contributed by atoms with Gasteiger partial charge in [-0.3, -0.25) is 0 Å². The highest BCUT2D eigenvalue weighted by atomic mass is 32.1. The second-order valence-corrected chi connectivity index (χ2v) is 33.3. The first-order chi connectivity index (χ1) is 44.2. The lowest BCUT2D eigenvalue weighted by molar-refractivity contribution is 0.282. The van der Waals surface area contributed by atoms with Crippen LogP contribution in [0.1, 0.15) is 213 Å². The van der Waals surface area contributed by atoms with E-state index in [0.29, 0.717) is 0 Å². The molecule has 1 radical (unpaired) electrons. The van der Waals surface area contributed by atoms with Crippen LogP contribution in [0.3, 0.4) is 0 Å². The van der Waals surface area contributed by atoms with Gasteiger partial charge in [0.25, 0.3) is 0 Å². The Kier molecular flexibility index (Phi) is 21.0. The lowest BCUT2D eigenvalue weighted by Crippen LogP contribution is -2.28. The zero-order valence-electron chi connectivity index (χ0n) is 52.9. The summed E-state index contributed by atoms with van der Waals surface area (Å²) in [6, 6.07) is 35.3. The third-order valence-corrected chi connectivity index (χ3v) is 27.7. The standard InChI is InChI=1S/C75H84BN4O2S8/c1-5-7-9-20-28-48-40-63(83-47-48)64-42-51(31-21-10-8-6-2)73(88-64)76-59-35-34-54(67-68(59)80-90-79-67)62-46-58-72(87-62)71-57(75(58,36-24-15-11-13-17-26-38-81)37-25-16-12-14-18-27-39-82)43-52(84-71)41-50-32-33-53(66-65(50)77-89-78-66)61-45-56-70(86-61)69-55(74(56,3)4)44-60(85-69)49-29-22-19-23-30-49/h19,22-23,29-30,32-35,40,42-47,81-82H,5-18,20-21,24-28,31,36-39,41H2,1-4H3. The smallest absolute Gasteiger partial charge is 0.208 e. The number of benzene rings is 3. The second-order valence-electron chi connectivity index (χ2n) is 25.9. The van der Waals surface area contributed by atoms with Crippen molar-refractivity contribution in [3.05, 3.63) is 140 Å². The summed E-state index contributed by atoms with van der Waals surface area (Å²) in [5.74, 6) is 0. The molecule has 2 aliphatic rings. The summed E-state index contributed by atoms with van der Waals surface area (Å²) in [7, 11) is 2.43. The Morgan fingerprint density at radius 3 is 1.67 bits per heavy atom. The van der Waals surface area contributed by atoms with Gasteiger partial charge < -0.3 is 10.2 Å². The summed E-state index contributed by atoms with van der Waals surface area (Å²) in [6.45, 7) is 9.94. The van der Waals surface area contributed by atoms with Crippen LogP contribution in [-0.2, 0) is 30.1 Å². The van der Waals surface area contributed by atoms with E-state index in [9.17, 15) is 10.2 Å². The van der Waals surface area contributed by atoms with Gasteiger partial charge in [0.2, 0.25) is 7.28 Å². The molecular weight excluding hydrogens is 1260 g/mol. The molecule has 0 saturated carbocycles. The number of nitrogens with zero attached hydrogens (tertiary/aromatic N) is 4. The molecule has 0 spiro atoms. The molecule has 8 aromatic heterocycles. The number of rotatable bonds is 34. The maximum absolute atomic E-state index is 9.58. The molecule has 8 heterocycles. The number of aromatic nitrogens is 4. The van der Waals surface area contributed by atoms with Gasteiger partial charge in [0.05, 0.1) is 29.0 Å². The van der Waals surface area contributed by atoms with Gasteiger partial charge in [-0.2, -0.15) is 17.5 Å². The van der Waals surface area contributed by atoms with Gasteiger partial charge in [0.1, 0.15) is 16.6 Å². The molecule has 467 valence electrons. The first-order valence-corrected chi connectivity index (χ1v) is 40.0. The molecule has 15 heteroatoms. The van der Waals surface area contributed by atoms with Crippen molar-refractivity contribution in [1.82, 2.24) is 17.5 Å². The first kappa shape index (κ1) is 64.2. The highest BCUT2D eigenvalue weighted by Crippen LogP contribution is 2.62. The summed E-state index contributed by atoms with van der Waals surface area (Å²) < 4.78 is 21.8. The summed E-state index contributed by atoms with van der Waals surface area (Å²) in [5.41, 5.74) is 18.8. The number of aliphatic hydroxyl groups is 2. The van der Waals surface area contributed by atoms with Crippen molar-refractivity contribution in [3.63, 3.8) is 0 Å². The lowest BCUT2D eigenvalue weighted by Gasteiger charge is -2.31. The van der Waals surface area contributed by atoms with Gasteiger partial charge in [0, 0.05) is 90.4 Å². The molecule has 0 amide bonds. The van der Waals surface area contributed by atoms with Crippen molar-refractivity contribution in [1.29, 1.82) is 0 Å². The third-order valence-electron chi connectivity index (χ3n) is 19.3. The molecule has 0 bridgehead atoms. The third kappa shape index (κ3) is 13.3. The molecule has 0 unspecified atom stereocenters. The lowest BCUT2D eigenvalue weighted by atomic mass is 9.66. The van der Waals surface area contributed by atoms with E-state index in [0.717, 1.165) is 78.9 Å². The maximum atomic E-state index is 9.58. The highest BCUT2D eigenvalue weighted by Gasteiger charge is 2.46. The van der Waals surface area contributed by atoms with E-state index in [2.05, 4.69) is 131 Å². The van der Waals surface area contributed by atoms with E-state index in [4.69, 9.17) is 17.5 Å². The van der Waals surface area contributed by atoms with E-state index in [1.165, 1.54) is 242 Å². The first-order valence-electron chi connectivity index (χ1n) is 33.6. The number of hydrogen-bond donors (Lipinski definition) is 2. The Bertz CT molecular complexity index is 4170. The molecule has 13 rings (SSSR count). The second kappa shape index (κ2) is 29.4. The van der Waals surface area contributed by atoms with Crippen LogP contribution >= 0.6 is 91.5 Å². The van der Waals surface area contributed by atoms with Gasteiger partial charge in [0.15, 0.2) is 0 Å². The number of aliphatic hydroxyl groups excluding tert-OH is 2. The predicted octanol–water partition coefficient (Wildman–Crippen LogP) is 22.2. The fourth-order valence-electron chi connectivity index (χ4n) is 14.3. The molecule has 3 aromatic carbocycles. The average Bonchev–Trinajstić information content (AvgIpc) is 1.56. The van der Waals surface area contributed by atoms with Crippen LogP contribution in [0.25, 0.3) is 82.7 Å². The SMILES string of the molecule is CCCCCCc1csc(-c2cc(CCCCCC)c([B]c3ccc(-c4cc5c(s4)-c4sc(Cc6ccc(-c7cc8c(s7)-c7sc(-c9ccccc9)cc7C8(C)C)c7nsnc67)cc4C5(CCCCCCCCO)CCCCCCCCO)c4nsnc34)s2)c1. The van der Waals surface area contributed by atoms with Crippen LogP contribution in [0.4, 0.5) is 0 Å². The molecule has 90 heavy (non-hydrogen) atoms. The summed E-state index contributed by atoms with van der Waals surface area (Å²) in [5, 5.41) is 21.6. The van der Waals surface area contributed by atoms with E-state index in [-0.39, 0.29) is 24.0 Å². The van der Waals surface area contributed by atoms with Crippen molar-refractivity contribution in [2.45, 2.75) is 199 Å². The van der Waals surface area contributed by atoms with Crippen LogP contribution in [-0.4, -0.2) is 48.2 Å². The normalized spacial score (nSPS) is 13.7. The van der Waals surface area contributed by atoms with E-state index in [1.807, 2.05) is 68.0 Å². The Balaban J connectivity index is 0.825. The monoisotopic (exact) mass is 1340 g/mol. The van der Waals surface area contributed by atoms with Gasteiger partial charge in [-0.15, -0.1) is 68.0 Å². The molecule has 0 atom stereocenters. The minimum Gasteiger partial charge on any atom is -0.396 e. The van der Waals surface area contributed by atoms with Crippen molar-refractivity contribution in [2.24, 2.45) is 0 Å². The maximum Gasteiger partial charge on any atom is 0.208 e. The number of thiophene rings is 6. The fraction of sp³-hybridized carbons (Fsp3) is 0.440. The Morgan fingerprint density at radius 1 is 0.444 bits per heavy atom. The minimum absolute atomic E-state index is 0.0792. The number of unbranched alkanes of at least 4 members (excludes halogenated alkanes) is 16. The van der Waals surface area contributed by atoms with Gasteiger partial charge >= 0.3 is 0 Å². The molecule has 2 N–H and O–H groups in total. The number of fused-ring (bicyclic) bond motifs is 8. The van der Waals surface area contributed by atoms with Gasteiger partial charge in [-0.1, -0.05) is 190 Å². The largest absolute Gasteiger partial charge is 0.396 e. The summed E-state index contributed by atoms with van der Waals surface area (Å²) >= 11 is 14.4. The number of hydrogen-bond acceptors (Lipinski definition) is 14. The Morgan fingerprint density at radius 2 is 0.989 bits per heavy atom. The fourth-order valence-corrected chi connectivity index (χ4v) is 23.2. The van der Waals surface area contributed by atoms with Crippen molar-refractivity contribution in [2.75, 3.05) is 13.2 Å². The summed E-state index contributed by atoms with van der Waals surface area (Å²) in [4.78, 5) is 13.8. The number of aryl methyl sites for hydroxylation is 2. The predicted molar refractivity (Wildman–Crippen MR) is 396 cm³/mol. The molecule has 6 nitrogen and oxygen atoms in total. The minimum atomic E-state index is -0.0979. The van der Waals surface area contributed by atoms with Gasteiger partial charge in [-0.25, -0.2) is 0 Å². The Hall–Kier alpha value is -4.52.